The number of hydrogen-bond donors (Lipinski definition) is 1. The SMILES string of the molecule is COC1CCCC(Nc2c(Cl)ccc3scnc23)C1. The zero-order valence-corrected chi connectivity index (χ0v) is 12.4. The van der Waals surface area contributed by atoms with Gasteiger partial charge in [-0.15, -0.1) is 11.3 Å². The molecule has 1 N–H and O–H groups in total. The molecule has 1 saturated carbocycles. The Balaban J connectivity index is 1.84. The number of aromatic nitrogens is 1. The van der Waals surface area contributed by atoms with Gasteiger partial charge in [-0.25, -0.2) is 4.98 Å². The Kier molecular flexibility index (Phi) is 3.91. The summed E-state index contributed by atoms with van der Waals surface area (Å²) in [5, 5.41) is 4.32. The van der Waals surface area contributed by atoms with Crippen LogP contribution in [0.15, 0.2) is 17.6 Å². The van der Waals surface area contributed by atoms with Crippen molar-refractivity contribution < 1.29 is 4.74 Å². The molecule has 3 rings (SSSR count). The van der Waals surface area contributed by atoms with Crippen LogP contribution >= 0.6 is 22.9 Å². The number of methoxy groups -OCH3 is 1. The van der Waals surface area contributed by atoms with E-state index in [0.29, 0.717) is 12.1 Å². The van der Waals surface area contributed by atoms with Crippen LogP contribution in [0.4, 0.5) is 5.69 Å². The molecule has 3 nitrogen and oxygen atoms in total. The number of fused-ring (bicyclic) bond motifs is 1. The molecule has 0 saturated heterocycles. The summed E-state index contributed by atoms with van der Waals surface area (Å²) in [7, 11) is 1.79. The second-order valence-corrected chi connectivity index (χ2v) is 6.28. The van der Waals surface area contributed by atoms with Gasteiger partial charge in [0.05, 0.1) is 27.0 Å². The molecular formula is C14H17ClN2OS. The van der Waals surface area contributed by atoms with E-state index in [0.717, 1.165) is 35.5 Å². The number of nitrogens with one attached hydrogen (secondary N) is 1. The molecule has 1 aromatic carbocycles. The Hall–Kier alpha value is -0.840. The summed E-state index contributed by atoms with van der Waals surface area (Å²) >= 11 is 7.96. The first-order valence-corrected chi connectivity index (χ1v) is 7.84. The largest absolute Gasteiger partial charge is 0.381 e. The molecule has 5 heteroatoms. The van der Waals surface area contributed by atoms with Gasteiger partial charge in [-0.2, -0.15) is 0 Å². The van der Waals surface area contributed by atoms with Gasteiger partial charge in [0.15, 0.2) is 0 Å². The van der Waals surface area contributed by atoms with E-state index in [9.17, 15) is 0 Å². The average molecular weight is 297 g/mol. The molecule has 2 atom stereocenters. The van der Waals surface area contributed by atoms with Crippen molar-refractivity contribution >= 4 is 38.8 Å². The van der Waals surface area contributed by atoms with Crippen molar-refractivity contribution in [3.63, 3.8) is 0 Å². The Morgan fingerprint density at radius 3 is 3.16 bits per heavy atom. The van der Waals surface area contributed by atoms with Crippen LogP contribution in [0.25, 0.3) is 10.2 Å². The van der Waals surface area contributed by atoms with Crippen molar-refractivity contribution in [3.8, 4) is 0 Å². The van der Waals surface area contributed by atoms with E-state index in [-0.39, 0.29) is 0 Å². The number of thiazole rings is 1. The predicted molar refractivity (Wildman–Crippen MR) is 81.3 cm³/mol. The third-order valence-electron chi connectivity index (χ3n) is 3.76. The van der Waals surface area contributed by atoms with Gasteiger partial charge in [0.25, 0.3) is 0 Å². The van der Waals surface area contributed by atoms with Crippen LogP contribution < -0.4 is 5.32 Å². The van der Waals surface area contributed by atoms with E-state index < -0.39 is 0 Å². The molecule has 0 radical (unpaired) electrons. The van der Waals surface area contributed by atoms with Gasteiger partial charge >= 0.3 is 0 Å². The maximum absolute atomic E-state index is 6.32. The fourth-order valence-electron chi connectivity index (χ4n) is 2.74. The van der Waals surface area contributed by atoms with Crippen LogP contribution in [0.3, 0.4) is 0 Å². The molecule has 1 fully saturated rings. The molecule has 2 unspecified atom stereocenters. The molecule has 0 spiro atoms. The monoisotopic (exact) mass is 296 g/mol. The number of nitrogens with zero attached hydrogens (tertiary/aromatic N) is 1. The summed E-state index contributed by atoms with van der Waals surface area (Å²) in [6, 6.07) is 4.39. The lowest BCUT2D eigenvalue weighted by molar-refractivity contribution is 0.0669. The van der Waals surface area contributed by atoms with Crippen molar-refractivity contribution in [2.45, 2.75) is 37.8 Å². The summed E-state index contributed by atoms with van der Waals surface area (Å²) < 4.78 is 6.65. The Labute approximate surface area is 121 Å². The van der Waals surface area contributed by atoms with Crippen molar-refractivity contribution in [2.24, 2.45) is 0 Å². The highest BCUT2D eigenvalue weighted by Crippen LogP contribution is 2.34. The van der Waals surface area contributed by atoms with Crippen molar-refractivity contribution in [2.75, 3.05) is 12.4 Å². The maximum Gasteiger partial charge on any atom is 0.106 e. The summed E-state index contributed by atoms with van der Waals surface area (Å²) in [5.41, 5.74) is 3.82. The maximum atomic E-state index is 6.32. The van der Waals surface area contributed by atoms with Crippen LogP contribution in [-0.4, -0.2) is 24.2 Å². The zero-order chi connectivity index (χ0) is 13.2. The van der Waals surface area contributed by atoms with Crippen molar-refractivity contribution in [1.29, 1.82) is 0 Å². The smallest absolute Gasteiger partial charge is 0.106 e. The minimum Gasteiger partial charge on any atom is -0.381 e. The number of ether oxygens (including phenoxy) is 1. The lowest BCUT2D eigenvalue weighted by Crippen LogP contribution is -2.31. The van der Waals surface area contributed by atoms with Crippen LogP contribution in [0.5, 0.6) is 0 Å². The van der Waals surface area contributed by atoms with Crippen molar-refractivity contribution in [1.82, 2.24) is 4.98 Å². The zero-order valence-electron chi connectivity index (χ0n) is 10.9. The van der Waals surface area contributed by atoms with Gasteiger partial charge in [0.2, 0.25) is 0 Å². The van der Waals surface area contributed by atoms with E-state index in [1.54, 1.807) is 18.4 Å². The fourth-order valence-corrected chi connectivity index (χ4v) is 3.63. The van der Waals surface area contributed by atoms with Gasteiger partial charge in [-0.3, -0.25) is 0 Å². The normalized spacial score (nSPS) is 23.7. The summed E-state index contributed by atoms with van der Waals surface area (Å²) in [4.78, 5) is 4.42. The topological polar surface area (TPSA) is 34.1 Å². The fraction of sp³-hybridized carbons (Fsp3) is 0.500. The number of halogens is 1. The highest BCUT2D eigenvalue weighted by Gasteiger charge is 2.23. The first-order valence-electron chi connectivity index (χ1n) is 6.59. The van der Waals surface area contributed by atoms with Gasteiger partial charge in [-0.05, 0) is 37.8 Å². The number of anilines is 1. The van der Waals surface area contributed by atoms with Crippen LogP contribution in [0.1, 0.15) is 25.7 Å². The van der Waals surface area contributed by atoms with Gasteiger partial charge in [0, 0.05) is 13.2 Å². The molecule has 102 valence electrons. The van der Waals surface area contributed by atoms with E-state index in [4.69, 9.17) is 16.3 Å². The van der Waals surface area contributed by atoms with Gasteiger partial charge in [0.1, 0.15) is 5.52 Å². The molecule has 0 aliphatic heterocycles. The first-order chi connectivity index (χ1) is 9.28. The molecule has 19 heavy (non-hydrogen) atoms. The molecular weight excluding hydrogens is 280 g/mol. The van der Waals surface area contributed by atoms with E-state index in [1.165, 1.54) is 11.1 Å². The lowest BCUT2D eigenvalue weighted by Gasteiger charge is -2.29. The summed E-state index contributed by atoms with van der Waals surface area (Å²) in [6.45, 7) is 0. The van der Waals surface area contributed by atoms with E-state index >= 15 is 0 Å². The Morgan fingerprint density at radius 1 is 1.42 bits per heavy atom. The van der Waals surface area contributed by atoms with Crippen molar-refractivity contribution in [3.05, 3.63) is 22.7 Å². The second-order valence-electron chi connectivity index (χ2n) is 4.99. The quantitative estimate of drug-likeness (QED) is 0.916. The third-order valence-corrected chi connectivity index (χ3v) is 4.87. The van der Waals surface area contributed by atoms with Gasteiger partial charge in [-0.1, -0.05) is 11.6 Å². The average Bonchev–Trinajstić information content (AvgIpc) is 2.91. The minimum atomic E-state index is 0.361. The molecule has 1 aliphatic carbocycles. The standard InChI is InChI=1S/C14H17ClN2OS/c1-18-10-4-2-3-9(7-10)17-13-11(15)5-6-12-14(13)16-8-19-12/h5-6,8-10,17H,2-4,7H2,1H3. The molecule has 1 heterocycles. The summed E-state index contributed by atoms with van der Waals surface area (Å²) in [5.74, 6) is 0. The molecule has 0 amide bonds. The minimum absolute atomic E-state index is 0.361. The number of rotatable bonds is 3. The number of benzene rings is 1. The van der Waals surface area contributed by atoms with Gasteiger partial charge < -0.3 is 10.1 Å². The van der Waals surface area contributed by atoms with E-state index in [1.807, 2.05) is 17.6 Å². The third kappa shape index (κ3) is 2.71. The second kappa shape index (κ2) is 5.65. The van der Waals surface area contributed by atoms with E-state index in [2.05, 4.69) is 10.3 Å². The Morgan fingerprint density at radius 2 is 2.32 bits per heavy atom. The predicted octanol–water partition coefficient (Wildman–Crippen LogP) is 4.32. The number of hydrogen-bond acceptors (Lipinski definition) is 4. The molecule has 1 aromatic heterocycles. The molecule has 2 aromatic rings. The van der Waals surface area contributed by atoms with Crippen LogP contribution in [-0.2, 0) is 4.74 Å². The summed E-state index contributed by atoms with van der Waals surface area (Å²) in [6.07, 6.45) is 4.91. The molecule has 1 aliphatic rings. The van der Waals surface area contributed by atoms with Crippen LogP contribution in [0, 0.1) is 0 Å². The van der Waals surface area contributed by atoms with Crippen LogP contribution in [0.2, 0.25) is 5.02 Å². The Bertz CT molecular complexity index is 572. The lowest BCUT2D eigenvalue weighted by atomic mass is 9.92. The highest BCUT2D eigenvalue weighted by molar-refractivity contribution is 7.16. The molecule has 0 bridgehead atoms. The first kappa shape index (κ1) is 13.2. The highest BCUT2D eigenvalue weighted by atomic mass is 35.5.